The maximum Gasteiger partial charge on any atom is 0.191 e. The molecule has 0 amide bonds. The summed E-state index contributed by atoms with van der Waals surface area (Å²) in [5.41, 5.74) is 10.9. The number of nitrogens with zero attached hydrogens (tertiary/aromatic N) is 3. The molecule has 0 unspecified atom stereocenters. The molecule has 0 bridgehead atoms. The Morgan fingerprint density at radius 1 is 1.06 bits per heavy atom. The van der Waals surface area contributed by atoms with Crippen molar-refractivity contribution < 1.29 is 8.91 Å². The second-order valence-corrected chi connectivity index (χ2v) is 8.34. The van der Waals surface area contributed by atoms with Crippen LogP contribution in [0.15, 0.2) is 69.7 Å². The van der Waals surface area contributed by atoms with E-state index < -0.39 is 0 Å². The minimum Gasteiger partial charge on any atom is -0.370 e. The summed E-state index contributed by atoms with van der Waals surface area (Å²) in [5.74, 6) is 0.875. The van der Waals surface area contributed by atoms with Crippen LogP contribution in [0.1, 0.15) is 50.1 Å². The number of nitrogens with two attached hydrogens (primary N) is 1. The zero-order valence-corrected chi connectivity index (χ0v) is 18.6. The van der Waals surface area contributed by atoms with E-state index in [9.17, 15) is 4.39 Å². The van der Waals surface area contributed by atoms with Gasteiger partial charge in [0.15, 0.2) is 11.7 Å². The number of likely N-dealkylation sites (tertiary alicyclic amines) is 1. The van der Waals surface area contributed by atoms with Crippen LogP contribution >= 0.6 is 0 Å². The largest absolute Gasteiger partial charge is 0.370 e. The van der Waals surface area contributed by atoms with Gasteiger partial charge in [-0.3, -0.25) is 0 Å². The molecule has 2 N–H and O–H groups in total. The molecule has 0 radical (unpaired) electrons. The van der Waals surface area contributed by atoms with Crippen molar-refractivity contribution in [1.82, 2.24) is 10.1 Å². The van der Waals surface area contributed by atoms with Gasteiger partial charge in [0.25, 0.3) is 0 Å². The highest BCUT2D eigenvalue weighted by molar-refractivity contribution is 5.81. The molecule has 0 aliphatic carbocycles. The van der Waals surface area contributed by atoms with Crippen LogP contribution in [0.3, 0.4) is 0 Å². The number of hydrogen-bond acceptors (Lipinski definition) is 3. The first-order valence-corrected chi connectivity index (χ1v) is 11.1. The fourth-order valence-electron chi connectivity index (χ4n) is 4.09. The Labute approximate surface area is 188 Å². The predicted molar refractivity (Wildman–Crippen MR) is 126 cm³/mol. The zero-order chi connectivity index (χ0) is 22.5. The van der Waals surface area contributed by atoms with E-state index in [1.807, 2.05) is 62.4 Å². The summed E-state index contributed by atoms with van der Waals surface area (Å²) >= 11 is 0. The average molecular weight is 433 g/mol. The summed E-state index contributed by atoms with van der Waals surface area (Å²) in [6, 6.07) is 16.7. The minimum atomic E-state index is -0.272. The van der Waals surface area contributed by atoms with Crippen molar-refractivity contribution in [3.63, 3.8) is 0 Å². The molecular weight excluding hydrogens is 403 g/mol. The number of rotatable bonds is 5. The van der Waals surface area contributed by atoms with Crippen molar-refractivity contribution in [2.24, 2.45) is 10.7 Å². The van der Waals surface area contributed by atoms with Crippen molar-refractivity contribution in [2.45, 2.75) is 39.7 Å². The molecule has 3 aromatic rings. The Morgan fingerprint density at radius 3 is 2.50 bits per heavy atom. The molecule has 2 heterocycles. The maximum atomic E-state index is 15.0. The molecule has 1 saturated heterocycles. The Balaban J connectivity index is 1.55. The Morgan fingerprint density at radius 2 is 1.81 bits per heavy atom. The van der Waals surface area contributed by atoms with Gasteiger partial charge in [-0.05, 0) is 50.3 Å². The van der Waals surface area contributed by atoms with E-state index in [2.05, 4.69) is 15.0 Å². The number of allylic oxidation sites excluding steroid dienone is 1. The summed E-state index contributed by atoms with van der Waals surface area (Å²) in [5, 5.41) is 4.17. The van der Waals surface area contributed by atoms with Gasteiger partial charge in [-0.15, -0.1) is 0 Å². The molecular formula is C26H29FN4O. The highest BCUT2D eigenvalue weighted by Gasteiger charge is 2.17. The van der Waals surface area contributed by atoms with Gasteiger partial charge < -0.3 is 15.2 Å². The van der Waals surface area contributed by atoms with Crippen LogP contribution in [0.2, 0.25) is 0 Å². The Hall–Kier alpha value is -3.41. The van der Waals surface area contributed by atoms with Crippen LogP contribution in [-0.4, -0.2) is 29.1 Å². The third-order valence-electron chi connectivity index (χ3n) is 5.73. The molecule has 0 saturated carbocycles. The fourth-order valence-corrected chi connectivity index (χ4v) is 4.09. The lowest BCUT2D eigenvalue weighted by Crippen LogP contribution is -2.40. The monoisotopic (exact) mass is 432 g/mol. The van der Waals surface area contributed by atoms with Crippen molar-refractivity contribution in [1.29, 1.82) is 0 Å². The number of halogens is 1. The van der Waals surface area contributed by atoms with Crippen LogP contribution in [0.4, 0.5) is 4.39 Å². The SMILES string of the molecule is CC(C)=C(c1ccc(-c2ccccc2)c(F)c1)c1cc(C/N=C(\N)N2CCCCC2)no1. The fraction of sp³-hybridized carbons (Fsp3) is 0.308. The molecule has 1 aromatic heterocycles. The minimum absolute atomic E-state index is 0.272. The quantitative estimate of drug-likeness (QED) is 0.419. The first-order valence-electron chi connectivity index (χ1n) is 11.1. The standard InChI is InChI=1S/C26H29FN4O/c1-18(2)25(20-11-12-22(23(27)15-20)19-9-5-3-6-10-19)24-16-21(30-32-24)17-29-26(28)31-13-7-4-8-14-31/h3,5-6,9-12,15-16H,4,7-8,13-14,17H2,1-2H3,(H2,28,29). The van der Waals surface area contributed by atoms with E-state index in [0.29, 0.717) is 29.5 Å². The molecule has 6 heteroatoms. The van der Waals surface area contributed by atoms with Gasteiger partial charge in [0.2, 0.25) is 0 Å². The third kappa shape index (κ3) is 4.90. The second-order valence-electron chi connectivity index (χ2n) is 8.34. The van der Waals surface area contributed by atoms with Crippen LogP contribution in [0.25, 0.3) is 16.7 Å². The number of benzene rings is 2. The predicted octanol–water partition coefficient (Wildman–Crippen LogP) is 5.62. The molecule has 0 spiro atoms. The summed E-state index contributed by atoms with van der Waals surface area (Å²) in [6.45, 7) is 6.21. The number of piperidine rings is 1. The van der Waals surface area contributed by atoms with E-state index in [-0.39, 0.29) is 5.82 Å². The summed E-state index contributed by atoms with van der Waals surface area (Å²) in [6.07, 6.45) is 3.54. The van der Waals surface area contributed by atoms with Gasteiger partial charge in [0.05, 0.1) is 6.54 Å². The van der Waals surface area contributed by atoms with Crippen LogP contribution in [0, 0.1) is 5.82 Å². The third-order valence-corrected chi connectivity index (χ3v) is 5.73. The first-order chi connectivity index (χ1) is 15.5. The second kappa shape index (κ2) is 9.81. The zero-order valence-electron chi connectivity index (χ0n) is 18.6. The molecule has 0 atom stereocenters. The summed E-state index contributed by atoms with van der Waals surface area (Å²) in [4.78, 5) is 6.60. The molecule has 32 heavy (non-hydrogen) atoms. The topological polar surface area (TPSA) is 67.7 Å². The molecule has 4 rings (SSSR count). The van der Waals surface area contributed by atoms with Crippen LogP contribution < -0.4 is 5.73 Å². The smallest absolute Gasteiger partial charge is 0.191 e. The van der Waals surface area contributed by atoms with Gasteiger partial charge >= 0.3 is 0 Å². The molecule has 166 valence electrons. The number of hydrogen-bond donors (Lipinski definition) is 1. The summed E-state index contributed by atoms with van der Waals surface area (Å²) in [7, 11) is 0. The highest BCUT2D eigenvalue weighted by atomic mass is 19.1. The molecule has 1 aliphatic heterocycles. The van der Waals surface area contributed by atoms with Crippen molar-refractivity contribution in [3.8, 4) is 11.1 Å². The lowest BCUT2D eigenvalue weighted by molar-refractivity contribution is 0.337. The molecule has 5 nitrogen and oxygen atoms in total. The van der Waals surface area contributed by atoms with Crippen molar-refractivity contribution in [2.75, 3.05) is 13.1 Å². The molecule has 1 aliphatic rings. The van der Waals surface area contributed by atoms with Crippen LogP contribution in [0.5, 0.6) is 0 Å². The Bertz CT molecular complexity index is 1120. The summed E-state index contributed by atoms with van der Waals surface area (Å²) < 4.78 is 20.6. The van der Waals surface area contributed by atoms with E-state index in [1.54, 1.807) is 6.07 Å². The molecule has 2 aromatic carbocycles. The van der Waals surface area contributed by atoms with E-state index in [4.69, 9.17) is 10.3 Å². The first kappa shape index (κ1) is 21.8. The van der Waals surface area contributed by atoms with Gasteiger partial charge in [-0.1, -0.05) is 53.2 Å². The average Bonchev–Trinajstić information content (AvgIpc) is 3.27. The normalized spacial score (nSPS) is 14.5. The van der Waals surface area contributed by atoms with Crippen LogP contribution in [-0.2, 0) is 6.54 Å². The maximum absolute atomic E-state index is 15.0. The van der Waals surface area contributed by atoms with Gasteiger partial charge in [-0.2, -0.15) is 0 Å². The Kier molecular flexibility index (Phi) is 6.69. The lowest BCUT2D eigenvalue weighted by Gasteiger charge is -2.27. The molecule has 1 fully saturated rings. The van der Waals surface area contributed by atoms with Crippen molar-refractivity contribution >= 4 is 11.5 Å². The van der Waals surface area contributed by atoms with E-state index in [1.165, 1.54) is 6.42 Å². The van der Waals surface area contributed by atoms with E-state index >= 15 is 0 Å². The highest BCUT2D eigenvalue weighted by Crippen LogP contribution is 2.31. The van der Waals surface area contributed by atoms with Gasteiger partial charge in [-0.25, -0.2) is 9.38 Å². The van der Waals surface area contributed by atoms with Gasteiger partial charge in [0, 0.05) is 30.3 Å². The number of guanidine groups is 1. The van der Waals surface area contributed by atoms with Crippen molar-refractivity contribution in [3.05, 3.63) is 83.0 Å². The lowest BCUT2D eigenvalue weighted by atomic mass is 9.95. The number of aromatic nitrogens is 1. The number of aliphatic imine (C=N–C) groups is 1. The van der Waals surface area contributed by atoms with Gasteiger partial charge in [0.1, 0.15) is 11.5 Å². The van der Waals surface area contributed by atoms with E-state index in [0.717, 1.165) is 48.2 Å².